The highest BCUT2D eigenvalue weighted by Crippen LogP contribution is 2.31. The van der Waals surface area contributed by atoms with Gasteiger partial charge in [-0.3, -0.25) is 0 Å². The highest BCUT2D eigenvalue weighted by atomic mass is 15.1. The third-order valence-electron chi connectivity index (χ3n) is 5.28. The SMILES string of the molecule is Cc1ccc(/C=C/Cn2c3c(c4cc(C)ccc42)CN(C)CC3)cc1. The van der Waals surface area contributed by atoms with Crippen molar-refractivity contribution in [2.24, 2.45) is 0 Å². The molecule has 0 saturated heterocycles. The number of rotatable bonds is 3. The number of fused-ring (bicyclic) bond motifs is 3. The van der Waals surface area contributed by atoms with E-state index in [1.807, 2.05) is 0 Å². The Balaban J connectivity index is 1.70. The Morgan fingerprint density at radius 3 is 2.56 bits per heavy atom. The summed E-state index contributed by atoms with van der Waals surface area (Å²) in [6, 6.07) is 15.6. The molecule has 0 amide bonds. The Morgan fingerprint density at radius 2 is 1.76 bits per heavy atom. The zero-order valence-electron chi connectivity index (χ0n) is 15.4. The van der Waals surface area contributed by atoms with Crippen LogP contribution in [0.4, 0.5) is 0 Å². The van der Waals surface area contributed by atoms with E-state index >= 15 is 0 Å². The highest BCUT2D eigenvalue weighted by Gasteiger charge is 2.21. The van der Waals surface area contributed by atoms with E-state index in [1.165, 1.54) is 38.9 Å². The van der Waals surface area contributed by atoms with Crippen LogP contribution in [0.5, 0.6) is 0 Å². The van der Waals surface area contributed by atoms with Crippen molar-refractivity contribution in [3.8, 4) is 0 Å². The fourth-order valence-corrected chi connectivity index (χ4v) is 3.88. The van der Waals surface area contributed by atoms with E-state index < -0.39 is 0 Å². The van der Waals surface area contributed by atoms with Gasteiger partial charge in [-0.25, -0.2) is 0 Å². The van der Waals surface area contributed by atoms with Crippen LogP contribution >= 0.6 is 0 Å². The fraction of sp³-hybridized carbons (Fsp3) is 0.304. The topological polar surface area (TPSA) is 8.17 Å². The molecular formula is C23H26N2. The molecule has 4 rings (SSSR count). The van der Waals surface area contributed by atoms with E-state index in [4.69, 9.17) is 0 Å². The van der Waals surface area contributed by atoms with Crippen LogP contribution in [-0.4, -0.2) is 23.1 Å². The van der Waals surface area contributed by atoms with Crippen LogP contribution in [0, 0.1) is 13.8 Å². The van der Waals surface area contributed by atoms with Crippen molar-refractivity contribution in [3.05, 3.63) is 76.5 Å². The Hall–Kier alpha value is -2.32. The van der Waals surface area contributed by atoms with E-state index in [0.717, 1.165) is 26.1 Å². The minimum absolute atomic E-state index is 0.937. The van der Waals surface area contributed by atoms with Gasteiger partial charge in [-0.2, -0.15) is 0 Å². The molecule has 0 aliphatic carbocycles. The van der Waals surface area contributed by atoms with Gasteiger partial charge < -0.3 is 9.47 Å². The van der Waals surface area contributed by atoms with E-state index in [2.05, 4.69) is 85.0 Å². The average Bonchev–Trinajstić information content (AvgIpc) is 2.89. The molecule has 0 radical (unpaired) electrons. The smallest absolute Gasteiger partial charge is 0.0489 e. The summed E-state index contributed by atoms with van der Waals surface area (Å²) < 4.78 is 2.52. The molecule has 0 spiro atoms. The minimum atomic E-state index is 0.937. The van der Waals surface area contributed by atoms with Crippen LogP contribution in [0.25, 0.3) is 17.0 Å². The number of aryl methyl sites for hydroxylation is 2. The lowest BCUT2D eigenvalue weighted by molar-refractivity contribution is 0.310. The maximum absolute atomic E-state index is 2.52. The molecule has 1 aliphatic heterocycles. The predicted molar refractivity (Wildman–Crippen MR) is 107 cm³/mol. The summed E-state index contributed by atoms with van der Waals surface area (Å²) in [6.45, 7) is 7.46. The summed E-state index contributed by atoms with van der Waals surface area (Å²) in [6.07, 6.45) is 5.67. The van der Waals surface area contributed by atoms with Gasteiger partial charge in [0.15, 0.2) is 0 Å². The second-order valence-corrected chi connectivity index (χ2v) is 7.36. The molecular weight excluding hydrogens is 304 g/mol. The van der Waals surface area contributed by atoms with Crippen LogP contribution in [0.15, 0.2) is 48.5 Å². The lowest BCUT2D eigenvalue weighted by atomic mass is 10.0. The van der Waals surface area contributed by atoms with Gasteiger partial charge >= 0.3 is 0 Å². The van der Waals surface area contributed by atoms with Crippen LogP contribution in [0.1, 0.15) is 27.9 Å². The monoisotopic (exact) mass is 330 g/mol. The van der Waals surface area contributed by atoms with E-state index in [0.29, 0.717) is 0 Å². The fourth-order valence-electron chi connectivity index (χ4n) is 3.88. The molecule has 0 fully saturated rings. The third kappa shape index (κ3) is 3.14. The summed E-state index contributed by atoms with van der Waals surface area (Å²) >= 11 is 0. The predicted octanol–water partition coefficient (Wildman–Crippen LogP) is 4.96. The number of hydrogen-bond acceptors (Lipinski definition) is 1. The lowest BCUT2D eigenvalue weighted by Crippen LogP contribution is -2.27. The molecule has 1 aromatic heterocycles. The number of benzene rings is 2. The normalized spacial score (nSPS) is 15.2. The van der Waals surface area contributed by atoms with Gasteiger partial charge in [0.05, 0.1) is 0 Å². The first-order chi connectivity index (χ1) is 12.1. The van der Waals surface area contributed by atoms with Gasteiger partial charge in [0, 0.05) is 42.7 Å². The van der Waals surface area contributed by atoms with Gasteiger partial charge in [-0.15, -0.1) is 0 Å². The molecule has 25 heavy (non-hydrogen) atoms. The second kappa shape index (κ2) is 6.53. The molecule has 0 atom stereocenters. The van der Waals surface area contributed by atoms with Crippen LogP contribution in [-0.2, 0) is 19.5 Å². The Morgan fingerprint density at radius 1 is 1.00 bits per heavy atom. The minimum Gasteiger partial charge on any atom is -0.340 e. The summed E-state index contributed by atoms with van der Waals surface area (Å²) in [5.41, 5.74) is 8.34. The molecule has 3 aromatic rings. The van der Waals surface area contributed by atoms with Crippen LogP contribution in [0.2, 0.25) is 0 Å². The molecule has 2 nitrogen and oxygen atoms in total. The summed E-state index contributed by atoms with van der Waals surface area (Å²) in [5.74, 6) is 0. The molecule has 0 bridgehead atoms. The summed E-state index contributed by atoms with van der Waals surface area (Å²) in [4.78, 5) is 2.43. The summed E-state index contributed by atoms with van der Waals surface area (Å²) in [5, 5.41) is 1.44. The lowest BCUT2D eigenvalue weighted by Gasteiger charge is -2.24. The highest BCUT2D eigenvalue weighted by molar-refractivity contribution is 5.86. The van der Waals surface area contributed by atoms with Crippen molar-refractivity contribution in [2.45, 2.75) is 33.4 Å². The first kappa shape index (κ1) is 16.2. The molecule has 2 heteroatoms. The maximum atomic E-state index is 2.52. The number of nitrogens with zero attached hydrogens (tertiary/aromatic N) is 2. The zero-order valence-corrected chi connectivity index (χ0v) is 15.4. The standard InChI is InChI=1S/C23H26N2/c1-17-6-9-19(10-7-17)5-4-13-25-22-11-8-18(2)15-20(22)21-16-24(3)14-12-23(21)25/h4-11,15H,12-14,16H2,1-3H3/b5-4+. The van der Waals surface area contributed by atoms with E-state index in [9.17, 15) is 0 Å². The van der Waals surface area contributed by atoms with Crippen LogP contribution < -0.4 is 0 Å². The summed E-state index contributed by atoms with van der Waals surface area (Å²) in [7, 11) is 2.22. The zero-order chi connectivity index (χ0) is 17.4. The second-order valence-electron chi connectivity index (χ2n) is 7.36. The van der Waals surface area contributed by atoms with Crippen molar-refractivity contribution in [1.82, 2.24) is 9.47 Å². The molecule has 128 valence electrons. The molecule has 0 unspecified atom stereocenters. The van der Waals surface area contributed by atoms with Crippen molar-refractivity contribution >= 4 is 17.0 Å². The van der Waals surface area contributed by atoms with E-state index in [-0.39, 0.29) is 0 Å². The van der Waals surface area contributed by atoms with Gasteiger partial charge in [0.25, 0.3) is 0 Å². The van der Waals surface area contributed by atoms with Crippen molar-refractivity contribution in [1.29, 1.82) is 0 Å². The first-order valence-corrected chi connectivity index (χ1v) is 9.14. The Bertz CT molecular complexity index is 929. The van der Waals surface area contributed by atoms with Gasteiger partial charge in [-0.05, 0) is 44.2 Å². The largest absolute Gasteiger partial charge is 0.340 e. The van der Waals surface area contributed by atoms with Crippen molar-refractivity contribution in [2.75, 3.05) is 13.6 Å². The first-order valence-electron chi connectivity index (χ1n) is 9.14. The molecule has 2 heterocycles. The number of hydrogen-bond donors (Lipinski definition) is 0. The van der Waals surface area contributed by atoms with Crippen molar-refractivity contribution < 1.29 is 0 Å². The third-order valence-corrected chi connectivity index (χ3v) is 5.28. The molecule has 0 saturated carbocycles. The van der Waals surface area contributed by atoms with Gasteiger partial charge in [-0.1, -0.05) is 53.6 Å². The van der Waals surface area contributed by atoms with Crippen molar-refractivity contribution in [3.63, 3.8) is 0 Å². The quantitative estimate of drug-likeness (QED) is 0.659. The Kier molecular flexibility index (Phi) is 4.22. The molecule has 1 aliphatic rings. The van der Waals surface area contributed by atoms with Gasteiger partial charge in [0.1, 0.15) is 0 Å². The Labute approximate surface area is 150 Å². The van der Waals surface area contributed by atoms with Crippen LogP contribution in [0.3, 0.4) is 0 Å². The molecule has 2 aromatic carbocycles. The average molecular weight is 330 g/mol. The number of aromatic nitrogens is 1. The maximum Gasteiger partial charge on any atom is 0.0489 e. The van der Waals surface area contributed by atoms with E-state index in [1.54, 1.807) is 0 Å². The van der Waals surface area contributed by atoms with Gasteiger partial charge in [0.2, 0.25) is 0 Å². The number of allylic oxidation sites excluding steroid dienone is 1. The molecule has 0 N–H and O–H groups in total. The number of likely N-dealkylation sites (N-methyl/N-ethyl adjacent to an activating group) is 1.